The van der Waals surface area contributed by atoms with Crippen LogP contribution in [0.3, 0.4) is 0 Å². The zero-order valence-electron chi connectivity index (χ0n) is 18.3. The molecule has 1 aliphatic carbocycles. The van der Waals surface area contributed by atoms with Gasteiger partial charge in [0.2, 0.25) is 0 Å². The van der Waals surface area contributed by atoms with Gasteiger partial charge in [-0.15, -0.1) is 11.8 Å². The number of aromatic nitrogens is 3. The molecule has 2 unspecified atom stereocenters. The number of nitrogens with two attached hydrogens (primary N) is 1. The number of hydrogen-bond donors (Lipinski definition) is 4. The minimum absolute atomic E-state index is 0.00938. The average molecular weight is 481 g/mol. The molecule has 5 N–H and O–H groups in total. The third-order valence-electron chi connectivity index (χ3n) is 6.31. The van der Waals surface area contributed by atoms with E-state index in [-0.39, 0.29) is 22.9 Å². The summed E-state index contributed by atoms with van der Waals surface area (Å²) < 4.78 is 1.72. The number of rotatable bonds is 5. The first-order valence-corrected chi connectivity index (χ1v) is 12.2. The molecule has 2 aromatic rings. The number of urea groups is 1. The van der Waals surface area contributed by atoms with Gasteiger partial charge >= 0.3 is 6.03 Å². The number of amides is 4. The molecule has 2 saturated heterocycles. The Bertz CT molecular complexity index is 1280. The molecule has 4 amide bonds. The summed E-state index contributed by atoms with van der Waals surface area (Å²) in [7, 11) is 0. The number of nitrogens with zero attached hydrogens (tertiary/aromatic N) is 4. The Labute approximate surface area is 199 Å². The predicted molar refractivity (Wildman–Crippen MR) is 126 cm³/mol. The van der Waals surface area contributed by atoms with E-state index in [0.717, 1.165) is 35.7 Å². The Hall–Kier alpha value is -3.38. The lowest BCUT2D eigenvalue weighted by atomic mass is 10.2. The van der Waals surface area contributed by atoms with Crippen LogP contribution in [-0.2, 0) is 9.59 Å². The van der Waals surface area contributed by atoms with E-state index >= 15 is 0 Å². The van der Waals surface area contributed by atoms with Crippen molar-refractivity contribution in [3.05, 3.63) is 40.2 Å². The van der Waals surface area contributed by atoms with Gasteiger partial charge in [-0.1, -0.05) is 6.08 Å². The van der Waals surface area contributed by atoms with Gasteiger partial charge in [-0.2, -0.15) is 9.61 Å². The van der Waals surface area contributed by atoms with Crippen molar-refractivity contribution in [2.24, 2.45) is 5.73 Å². The van der Waals surface area contributed by atoms with Crippen LogP contribution < -0.4 is 21.7 Å². The number of hydrogen-bond acceptors (Lipinski definition) is 8. The molecule has 2 atom stereocenters. The minimum atomic E-state index is -0.554. The van der Waals surface area contributed by atoms with E-state index < -0.39 is 11.9 Å². The number of likely N-dealkylation sites (tertiary alicyclic amines) is 1. The smallest absolute Gasteiger partial charge is 0.326 e. The maximum absolute atomic E-state index is 12.9. The zero-order chi connectivity index (χ0) is 23.4. The summed E-state index contributed by atoms with van der Waals surface area (Å²) in [5.41, 5.74) is 8.15. The first-order chi connectivity index (χ1) is 16.4. The summed E-state index contributed by atoms with van der Waals surface area (Å²) >= 11 is 1.53. The number of allylic oxidation sites excluding steroid dienone is 1. The second-order valence-corrected chi connectivity index (χ2v) is 10.2. The highest BCUT2D eigenvalue weighted by atomic mass is 32.2. The Morgan fingerprint density at radius 1 is 1.26 bits per heavy atom. The van der Waals surface area contributed by atoms with Crippen molar-refractivity contribution in [2.45, 2.75) is 43.0 Å². The van der Waals surface area contributed by atoms with Crippen molar-refractivity contribution in [1.29, 1.82) is 0 Å². The third-order valence-corrected chi connectivity index (χ3v) is 7.62. The molecule has 34 heavy (non-hydrogen) atoms. The van der Waals surface area contributed by atoms with Crippen LogP contribution in [0, 0.1) is 0 Å². The molecule has 1 saturated carbocycles. The zero-order valence-corrected chi connectivity index (χ0v) is 19.1. The van der Waals surface area contributed by atoms with Gasteiger partial charge in [-0.3, -0.25) is 14.9 Å². The normalized spacial score (nSPS) is 25.7. The number of anilines is 1. The van der Waals surface area contributed by atoms with Crippen molar-refractivity contribution in [3.63, 3.8) is 0 Å². The SMILES string of the molecule is NC1CCN(C(=O)C2=CCC(c3cc(NC4CC4)n4ncc(/C=C5\NC(=O)NC5=O)c4n3)S2)C1. The molecular formula is C22H24N8O3S. The standard InChI is InChI=1S/C22H24N8O3S/c23-12-5-6-29(10-12)21(32)17-4-3-16(34-17)14-8-18(25-13-1-2-13)30-19(26-14)11(9-24-30)7-15-20(31)28-22(33)27-15/h4,7-9,12-13,16,25H,1-3,5-6,10,23H2,(H2,27,28,31,33)/b15-7-. The molecule has 0 radical (unpaired) electrons. The van der Waals surface area contributed by atoms with Gasteiger partial charge < -0.3 is 21.3 Å². The predicted octanol–water partition coefficient (Wildman–Crippen LogP) is 1.11. The van der Waals surface area contributed by atoms with Crippen LogP contribution in [0.4, 0.5) is 10.6 Å². The topological polar surface area (TPSA) is 147 Å². The van der Waals surface area contributed by atoms with Crippen LogP contribution in [-0.4, -0.2) is 62.5 Å². The second kappa shape index (κ2) is 8.13. The van der Waals surface area contributed by atoms with Gasteiger partial charge in [0, 0.05) is 36.8 Å². The maximum Gasteiger partial charge on any atom is 0.326 e. The highest BCUT2D eigenvalue weighted by Crippen LogP contribution is 2.44. The van der Waals surface area contributed by atoms with Gasteiger partial charge in [-0.25, -0.2) is 9.78 Å². The van der Waals surface area contributed by atoms with E-state index in [2.05, 4.69) is 21.0 Å². The fourth-order valence-corrected chi connectivity index (χ4v) is 5.52. The van der Waals surface area contributed by atoms with Gasteiger partial charge in [0.15, 0.2) is 5.65 Å². The summed E-state index contributed by atoms with van der Waals surface area (Å²) in [4.78, 5) is 43.8. The quantitative estimate of drug-likeness (QED) is 0.368. The van der Waals surface area contributed by atoms with Crippen LogP contribution >= 0.6 is 11.8 Å². The number of carbonyl (C=O) groups excluding carboxylic acids is 3. The number of fused-ring (bicyclic) bond motifs is 1. The molecule has 176 valence electrons. The summed E-state index contributed by atoms with van der Waals surface area (Å²) in [5.74, 6) is 0.366. The van der Waals surface area contributed by atoms with E-state index in [1.807, 2.05) is 17.0 Å². The van der Waals surface area contributed by atoms with Crippen LogP contribution in [0.15, 0.2) is 28.9 Å². The number of carbonyl (C=O) groups is 3. The van der Waals surface area contributed by atoms with Crippen molar-refractivity contribution >= 4 is 47.1 Å². The summed E-state index contributed by atoms with van der Waals surface area (Å²) in [6, 6.07) is 1.88. The highest BCUT2D eigenvalue weighted by Gasteiger charge is 2.32. The van der Waals surface area contributed by atoms with E-state index in [9.17, 15) is 14.4 Å². The summed E-state index contributed by atoms with van der Waals surface area (Å²) in [6.07, 6.45) is 8.91. The second-order valence-electron chi connectivity index (χ2n) is 9.00. The Morgan fingerprint density at radius 3 is 2.82 bits per heavy atom. The van der Waals surface area contributed by atoms with E-state index in [1.54, 1.807) is 16.8 Å². The Morgan fingerprint density at radius 2 is 2.12 bits per heavy atom. The lowest BCUT2D eigenvalue weighted by Gasteiger charge is -2.17. The van der Waals surface area contributed by atoms with Crippen molar-refractivity contribution < 1.29 is 14.4 Å². The average Bonchev–Trinajstić information content (AvgIpc) is 3.18. The minimum Gasteiger partial charge on any atom is -0.367 e. The lowest BCUT2D eigenvalue weighted by Crippen LogP contribution is -2.32. The largest absolute Gasteiger partial charge is 0.367 e. The summed E-state index contributed by atoms with van der Waals surface area (Å²) in [5, 5.41) is 12.7. The van der Waals surface area contributed by atoms with Crippen molar-refractivity contribution in [3.8, 4) is 0 Å². The molecular weight excluding hydrogens is 456 g/mol. The highest BCUT2D eigenvalue weighted by molar-refractivity contribution is 8.04. The number of nitrogens with one attached hydrogen (secondary N) is 3. The molecule has 3 fully saturated rings. The van der Waals surface area contributed by atoms with Crippen LogP contribution in [0.2, 0.25) is 0 Å². The van der Waals surface area contributed by atoms with Gasteiger partial charge in [0.05, 0.1) is 22.0 Å². The Kier molecular flexibility index (Phi) is 5.06. The van der Waals surface area contributed by atoms with E-state index in [0.29, 0.717) is 36.8 Å². The molecule has 3 aliphatic heterocycles. The fourth-order valence-electron chi connectivity index (χ4n) is 4.35. The summed E-state index contributed by atoms with van der Waals surface area (Å²) in [6.45, 7) is 1.29. The van der Waals surface area contributed by atoms with Gasteiger partial charge in [0.25, 0.3) is 11.8 Å². The van der Waals surface area contributed by atoms with Crippen LogP contribution in [0.1, 0.15) is 42.2 Å². The monoisotopic (exact) mass is 480 g/mol. The first kappa shape index (κ1) is 21.2. The molecule has 6 rings (SSSR count). The molecule has 12 heteroatoms. The van der Waals surface area contributed by atoms with Crippen LogP contribution in [0.25, 0.3) is 11.7 Å². The molecule has 0 bridgehead atoms. The Balaban J connectivity index is 1.31. The van der Waals surface area contributed by atoms with Gasteiger partial charge in [-0.05, 0) is 31.8 Å². The first-order valence-electron chi connectivity index (χ1n) is 11.4. The van der Waals surface area contributed by atoms with E-state index in [4.69, 9.17) is 10.7 Å². The van der Waals surface area contributed by atoms with E-state index in [1.165, 1.54) is 11.8 Å². The molecule has 11 nitrogen and oxygen atoms in total. The maximum atomic E-state index is 12.9. The molecule has 4 aliphatic rings. The fraction of sp³-hybridized carbons (Fsp3) is 0.409. The molecule has 5 heterocycles. The number of imide groups is 1. The number of thioether (sulfide) groups is 1. The molecule has 2 aromatic heterocycles. The lowest BCUT2D eigenvalue weighted by molar-refractivity contribution is -0.125. The van der Waals surface area contributed by atoms with Gasteiger partial charge in [0.1, 0.15) is 11.5 Å². The molecule has 0 spiro atoms. The van der Waals surface area contributed by atoms with Crippen LogP contribution in [0.5, 0.6) is 0 Å². The van der Waals surface area contributed by atoms with Crippen molar-refractivity contribution in [2.75, 3.05) is 18.4 Å². The third kappa shape index (κ3) is 3.92. The van der Waals surface area contributed by atoms with Crippen molar-refractivity contribution in [1.82, 2.24) is 30.1 Å². The molecule has 0 aromatic carbocycles.